The minimum atomic E-state index is -4.75. The number of phenols is 1. The average Bonchev–Trinajstić information content (AvgIpc) is 3.58. The van der Waals surface area contributed by atoms with Crippen molar-refractivity contribution in [2.75, 3.05) is 10.3 Å². The molecule has 3 aliphatic heterocycles. The first kappa shape index (κ1) is 37.9. The summed E-state index contributed by atoms with van der Waals surface area (Å²) in [6.45, 7) is 2.00. The molecule has 3 fully saturated rings. The van der Waals surface area contributed by atoms with Crippen molar-refractivity contribution in [1.29, 1.82) is 0 Å². The smallest absolute Gasteiger partial charge is 0.417 e. The van der Waals surface area contributed by atoms with Crippen molar-refractivity contribution in [3.8, 4) is 11.5 Å². The summed E-state index contributed by atoms with van der Waals surface area (Å²) < 4.78 is 46.8. The van der Waals surface area contributed by atoms with Gasteiger partial charge in [-0.05, 0) is 90.4 Å². The molecule has 2 saturated heterocycles. The second-order valence-electron chi connectivity index (χ2n) is 15.2. The molecule has 3 aromatic carbocycles. The van der Waals surface area contributed by atoms with Crippen LogP contribution in [-0.4, -0.2) is 38.7 Å². The number of halogens is 5. The lowest BCUT2D eigenvalue weighted by Gasteiger charge is -2.51. The molecule has 4 amide bonds. The number of nitrogens with zero attached hydrogens (tertiary/aromatic N) is 3. The summed E-state index contributed by atoms with van der Waals surface area (Å²) in [5.41, 5.74) is 3.52. The molecular weight excluding hydrogens is 796 g/mol. The van der Waals surface area contributed by atoms with E-state index < -0.39 is 69.5 Å². The van der Waals surface area contributed by atoms with Gasteiger partial charge < -0.3 is 9.84 Å². The van der Waals surface area contributed by atoms with E-state index in [4.69, 9.17) is 27.9 Å². The highest BCUT2D eigenvalue weighted by Crippen LogP contribution is 2.63. The molecule has 10 nitrogen and oxygen atoms in total. The zero-order valence-corrected chi connectivity index (χ0v) is 32.1. The lowest BCUT2D eigenvalue weighted by molar-refractivity contribution is -0.139. The third kappa shape index (κ3) is 5.72. The molecule has 9 rings (SSSR count). The molecule has 15 heteroatoms. The van der Waals surface area contributed by atoms with E-state index in [1.54, 1.807) is 48.5 Å². The Kier molecular flexibility index (Phi) is 8.97. The van der Waals surface area contributed by atoms with Crippen molar-refractivity contribution in [2.45, 2.75) is 44.2 Å². The van der Waals surface area contributed by atoms with Gasteiger partial charge >= 0.3 is 6.18 Å². The van der Waals surface area contributed by atoms with Crippen molar-refractivity contribution in [1.82, 2.24) is 9.99 Å². The van der Waals surface area contributed by atoms with Gasteiger partial charge in [0.1, 0.15) is 11.5 Å². The SMILES string of the molecule is CCc1ccc(N2C(=O)C3CC=C4C(CC5C(=O)N(Nc6ncc(C(F)(F)F)cc6Cl)C(=O)C5(c5ccc(Cl)cc5)C4C4=COc5ccc(O)cc5C4)C3C2=O)cc1. The largest absolute Gasteiger partial charge is 0.508 e. The van der Waals surface area contributed by atoms with Crippen LogP contribution in [0.25, 0.3) is 0 Å². The molecule has 4 heterocycles. The van der Waals surface area contributed by atoms with Crippen LogP contribution in [0.4, 0.5) is 24.7 Å². The van der Waals surface area contributed by atoms with Crippen LogP contribution in [0.5, 0.6) is 11.5 Å². The van der Waals surface area contributed by atoms with Crippen LogP contribution in [0.3, 0.4) is 0 Å². The van der Waals surface area contributed by atoms with Crippen LogP contribution >= 0.6 is 23.2 Å². The first-order valence-corrected chi connectivity index (χ1v) is 19.5. The van der Waals surface area contributed by atoms with E-state index in [1.807, 2.05) is 25.1 Å². The Morgan fingerprint density at radius 1 is 0.948 bits per heavy atom. The van der Waals surface area contributed by atoms with Crippen molar-refractivity contribution in [3.05, 3.63) is 135 Å². The number of rotatable bonds is 6. The number of hydrogen-bond donors (Lipinski definition) is 2. The molecule has 1 aromatic heterocycles. The fourth-order valence-corrected chi connectivity index (χ4v) is 10.1. The van der Waals surface area contributed by atoms with Gasteiger partial charge in [-0.25, -0.2) is 4.98 Å². The number of hydrazine groups is 1. The Hall–Kier alpha value is -5.66. The van der Waals surface area contributed by atoms with E-state index in [2.05, 4.69) is 10.4 Å². The highest BCUT2D eigenvalue weighted by molar-refractivity contribution is 6.33. The van der Waals surface area contributed by atoms with Gasteiger partial charge in [0.25, 0.3) is 11.8 Å². The minimum Gasteiger partial charge on any atom is -0.508 e. The number of aryl methyl sites for hydroxylation is 1. The Labute approximate surface area is 339 Å². The zero-order chi connectivity index (χ0) is 40.8. The van der Waals surface area contributed by atoms with Gasteiger partial charge in [0.2, 0.25) is 11.8 Å². The van der Waals surface area contributed by atoms with Gasteiger partial charge in [-0.15, -0.1) is 0 Å². The number of hydrogen-bond acceptors (Lipinski definition) is 8. The minimum absolute atomic E-state index is 0.0133. The Bertz CT molecular complexity index is 2490. The Morgan fingerprint density at radius 3 is 2.38 bits per heavy atom. The van der Waals surface area contributed by atoms with Gasteiger partial charge in [-0.3, -0.25) is 29.5 Å². The molecule has 5 aliphatic rings. The quantitative estimate of drug-likeness (QED) is 0.147. The topological polar surface area (TPSA) is 129 Å². The highest BCUT2D eigenvalue weighted by atomic mass is 35.5. The number of amides is 4. The van der Waals surface area contributed by atoms with Gasteiger partial charge in [-0.1, -0.05) is 66.0 Å². The lowest BCUT2D eigenvalue weighted by Crippen LogP contribution is -2.55. The summed E-state index contributed by atoms with van der Waals surface area (Å²) in [4.78, 5) is 64.3. The summed E-state index contributed by atoms with van der Waals surface area (Å²) in [5, 5.41) is 11.1. The van der Waals surface area contributed by atoms with E-state index in [-0.39, 0.29) is 36.7 Å². The summed E-state index contributed by atoms with van der Waals surface area (Å²) in [6.07, 6.45) is 0.322. The molecule has 58 heavy (non-hydrogen) atoms. The van der Waals surface area contributed by atoms with Gasteiger partial charge in [-0.2, -0.15) is 18.2 Å². The second kappa shape index (κ2) is 13.7. The predicted molar refractivity (Wildman–Crippen MR) is 206 cm³/mol. The molecule has 0 bridgehead atoms. The standard InChI is InChI=1S/C43H33Cl2F3N4O6/c1-2-21-3-9-27(10-4-21)51-38(54)30-13-12-29-31(35(30)40(51)56)18-32-39(55)52(50-37-33(45)17-25(19-49-37)43(46,47)48)41(57)42(32,24-5-7-26(44)8-6-24)36(29)23-15-22-16-28(53)11-14-34(22)58-20-23/h3-12,14,16-17,19-20,30-32,35-36,53H,2,13,15,18H2,1H3,(H,49,50). The third-order valence-corrected chi connectivity index (χ3v) is 12.8. The number of allylic oxidation sites excluding steroid dienone is 3. The number of carbonyl (C=O) groups is 4. The van der Waals surface area contributed by atoms with Crippen LogP contribution in [0.2, 0.25) is 10.0 Å². The number of anilines is 2. The predicted octanol–water partition coefficient (Wildman–Crippen LogP) is 8.22. The van der Waals surface area contributed by atoms with Gasteiger partial charge in [0, 0.05) is 29.1 Å². The number of benzene rings is 3. The maximum absolute atomic E-state index is 15.5. The monoisotopic (exact) mass is 828 g/mol. The second-order valence-corrected chi connectivity index (χ2v) is 16.1. The van der Waals surface area contributed by atoms with Crippen LogP contribution < -0.4 is 15.1 Å². The Balaban J connectivity index is 1.21. The molecule has 296 valence electrons. The van der Waals surface area contributed by atoms with Crippen molar-refractivity contribution < 1.29 is 42.2 Å². The van der Waals surface area contributed by atoms with Crippen LogP contribution in [0.1, 0.15) is 42.0 Å². The molecular formula is C43H33Cl2F3N4O6. The number of imide groups is 2. The van der Waals surface area contributed by atoms with Gasteiger partial charge in [0.15, 0.2) is 5.82 Å². The number of pyridine rings is 1. The van der Waals surface area contributed by atoms with Crippen molar-refractivity contribution >= 4 is 58.3 Å². The summed E-state index contributed by atoms with van der Waals surface area (Å²) in [7, 11) is 0. The van der Waals surface area contributed by atoms with E-state index in [1.165, 1.54) is 17.2 Å². The number of aromatic nitrogens is 1. The van der Waals surface area contributed by atoms with E-state index in [0.29, 0.717) is 51.0 Å². The molecule has 6 unspecified atom stereocenters. The van der Waals surface area contributed by atoms with E-state index in [0.717, 1.165) is 17.0 Å². The maximum atomic E-state index is 15.5. The zero-order valence-electron chi connectivity index (χ0n) is 30.6. The summed E-state index contributed by atoms with van der Waals surface area (Å²) in [6, 6.07) is 19.0. The molecule has 4 aromatic rings. The first-order valence-electron chi connectivity index (χ1n) is 18.7. The number of carbonyl (C=O) groups excluding carboxylic acids is 4. The number of phenolic OH excluding ortho intramolecular Hbond substituents is 1. The van der Waals surface area contributed by atoms with Crippen molar-refractivity contribution in [3.63, 3.8) is 0 Å². The molecule has 2 N–H and O–H groups in total. The lowest BCUT2D eigenvalue weighted by atomic mass is 9.48. The summed E-state index contributed by atoms with van der Waals surface area (Å²) in [5.74, 6) is -6.58. The van der Waals surface area contributed by atoms with Crippen LogP contribution in [0.15, 0.2) is 102 Å². The van der Waals surface area contributed by atoms with Gasteiger partial charge in [0.05, 0.1) is 45.7 Å². The number of nitrogens with one attached hydrogen (secondary N) is 1. The molecule has 6 atom stereocenters. The molecule has 2 aliphatic carbocycles. The number of fused-ring (bicyclic) bond motifs is 5. The third-order valence-electron chi connectivity index (χ3n) is 12.3. The molecule has 0 spiro atoms. The fraction of sp³-hybridized carbons (Fsp3) is 0.279. The average molecular weight is 830 g/mol. The normalized spacial score (nSPS) is 26.3. The first-order chi connectivity index (χ1) is 27.7. The van der Waals surface area contributed by atoms with E-state index in [9.17, 15) is 32.7 Å². The van der Waals surface area contributed by atoms with Crippen LogP contribution in [0, 0.1) is 29.6 Å². The maximum Gasteiger partial charge on any atom is 0.417 e. The highest BCUT2D eigenvalue weighted by Gasteiger charge is 2.71. The summed E-state index contributed by atoms with van der Waals surface area (Å²) >= 11 is 12.7. The van der Waals surface area contributed by atoms with E-state index >= 15 is 4.79 Å². The Morgan fingerprint density at radius 2 is 1.69 bits per heavy atom. The van der Waals surface area contributed by atoms with Crippen molar-refractivity contribution in [2.24, 2.45) is 29.6 Å². The molecule has 1 saturated carbocycles. The number of ether oxygens (including phenoxy) is 1. The fourth-order valence-electron chi connectivity index (χ4n) is 9.73. The number of aromatic hydroxyl groups is 1. The number of alkyl halides is 3. The van der Waals surface area contributed by atoms with Crippen LogP contribution in [-0.2, 0) is 43.6 Å². The molecule has 0 radical (unpaired) electrons.